The summed E-state index contributed by atoms with van der Waals surface area (Å²) in [4.78, 5) is 31.4. The summed E-state index contributed by atoms with van der Waals surface area (Å²) in [6.45, 7) is 12.2. The Morgan fingerprint density at radius 2 is 1.79 bits per heavy atom. The number of aromatic amines is 1. The molecule has 0 bridgehead atoms. The van der Waals surface area contributed by atoms with E-state index in [4.69, 9.17) is 4.74 Å². The van der Waals surface area contributed by atoms with Gasteiger partial charge in [0.15, 0.2) is 0 Å². The highest BCUT2D eigenvalue weighted by Gasteiger charge is 2.23. The summed E-state index contributed by atoms with van der Waals surface area (Å²) in [5.74, 6) is 0.279. The first kappa shape index (κ1) is 28.7. The summed E-state index contributed by atoms with van der Waals surface area (Å²) in [5, 5.41) is 4.43. The van der Waals surface area contributed by atoms with Crippen LogP contribution in [0.3, 0.4) is 0 Å². The predicted molar refractivity (Wildman–Crippen MR) is 159 cm³/mol. The Morgan fingerprint density at radius 3 is 2.51 bits per heavy atom. The zero-order valence-electron chi connectivity index (χ0n) is 24.3. The van der Waals surface area contributed by atoms with E-state index in [1.165, 1.54) is 30.5 Å². The third kappa shape index (κ3) is 8.11. The summed E-state index contributed by atoms with van der Waals surface area (Å²) in [5.41, 5.74) is 5.02. The molecule has 39 heavy (non-hydrogen) atoms. The van der Waals surface area contributed by atoms with Gasteiger partial charge < -0.3 is 19.9 Å². The molecular formula is C33H45N3O3. The van der Waals surface area contributed by atoms with Crippen LogP contribution in [0.15, 0.2) is 48.7 Å². The number of hydrogen-bond donors (Lipinski definition) is 2. The van der Waals surface area contributed by atoms with Crippen LogP contribution >= 0.6 is 0 Å². The fourth-order valence-corrected chi connectivity index (χ4v) is 5.54. The van der Waals surface area contributed by atoms with Crippen LogP contribution in [0.2, 0.25) is 0 Å². The molecule has 1 fully saturated rings. The molecule has 1 aliphatic heterocycles. The first-order chi connectivity index (χ1) is 18.6. The van der Waals surface area contributed by atoms with E-state index in [0.29, 0.717) is 25.2 Å². The largest absolute Gasteiger partial charge is 0.460 e. The van der Waals surface area contributed by atoms with Crippen molar-refractivity contribution in [2.24, 2.45) is 5.92 Å². The summed E-state index contributed by atoms with van der Waals surface area (Å²) < 4.78 is 5.47. The molecule has 1 aromatic heterocycles. The number of nitrogens with one attached hydrogen (secondary N) is 2. The van der Waals surface area contributed by atoms with Crippen LogP contribution in [0.25, 0.3) is 10.9 Å². The van der Waals surface area contributed by atoms with Crippen molar-refractivity contribution in [3.63, 3.8) is 0 Å². The van der Waals surface area contributed by atoms with E-state index in [0.717, 1.165) is 41.5 Å². The van der Waals surface area contributed by atoms with Gasteiger partial charge in [-0.3, -0.25) is 9.59 Å². The maximum absolute atomic E-state index is 13.4. The van der Waals surface area contributed by atoms with E-state index in [-0.39, 0.29) is 17.9 Å². The van der Waals surface area contributed by atoms with Crippen LogP contribution < -0.4 is 10.2 Å². The van der Waals surface area contributed by atoms with Crippen LogP contribution in [-0.2, 0) is 27.2 Å². The molecule has 0 spiro atoms. The Hall–Kier alpha value is -3.28. The third-order valence-electron chi connectivity index (χ3n) is 7.27. The minimum atomic E-state index is -0.487. The molecule has 1 saturated heterocycles. The number of benzene rings is 2. The normalized spacial score (nSPS) is 15.0. The number of carbonyl (C=O) groups is 2. The maximum Gasteiger partial charge on any atom is 0.306 e. The number of carbonyl (C=O) groups excluding carboxylic acids is 2. The molecule has 6 nitrogen and oxygen atoms in total. The molecule has 2 N–H and O–H groups in total. The van der Waals surface area contributed by atoms with E-state index in [2.05, 4.69) is 59.4 Å². The van der Waals surface area contributed by atoms with Crippen molar-refractivity contribution >= 4 is 28.5 Å². The van der Waals surface area contributed by atoms with Gasteiger partial charge in [0, 0.05) is 42.3 Å². The Morgan fingerprint density at radius 1 is 1.05 bits per heavy atom. The molecule has 2 aromatic carbocycles. The van der Waals surface area contributed by atoms with Gasteiger partial charge in [0.2, 0.25) is 5.91 Å². The Kier molecular flexibility index (Phi) is 9.36. The van der Waals surface area contributed by atoms with Gasteiger partial charge in [-0.05, 0) is 93.7 Å². The smallest absolute Gasteiger partial charge is 0.306 e. The minimum absolute atomic E-state index is 0.0271. The quantitative estimate of drug-likeness (QED) is 0.280. The number of fused-ring (bicyclic) bond motifs is 1. The topological polar surface area (TPSA) is 74.4 Å². The second kappa shape index (κ2) is 12.7. The summed E-state index contributed by atoms with van der Waals surface area (Å²) in [6.07, 6.45) is 7.80. The average molecular weight is 532 g/mol. The number of aromatic nitrogens is 1. The first-order valence-corrected chi connectivity index (χ1v) is 14.5. The van der Waals surface area contributed by atoms with Crippen molar-refractivity contribution in [3.05, 3.63) is 65.4 Å². The van der Waals surface area contributed by atoms with Gasteiger partial charge in [-0.15, -0.1) is 0 Å². The predicted octanol–water partition coefficient (Wildman–Crippen LogP) is 6.88. The average Bonchev–Trinajstić information content (AvgIpc) is 3.28. The lowest BCUT2D eigenvalue weighted by Gasteiger charge is -2.33. The zero-order chi connectivity index (χ0) is 28.0. The summed E-state index contributed by atoms with van der Waals surface area (Å²) in [7, 11) is 0. The number of ether oxygens (including phenoxy) is 1. The molecular weight excluding hydrogens is 486 g/mol. The number of hydrogen-bond acceptors (Lipinski definition) is 4. The van der Waals surface area contributed by atoms with E-state index < -0.39 is 5.60 Å². The molecule has 1 amide bonds. The third-order valence-corrected chi connectivity index (χ3v) is 7.27. The molecule has 3 aromatic rings. The van der Waals surface area contributed by atoms with Gasteiger partial charge in [-0.1, -0.05) is 38.1 Å². The van der Waals surface area contributed by atoms with Crippen molar-refractivity contribution in [1.29, 1.82) is 0 Å². The van der Waals surface area contributed by atoms with Crippen LogP contribution in [-0.4, -0.2) is 35.6 Å². The Bertz CT molecular complexity index is 1260. The Balaban J connectivity index is 1.47. The number of esters is 1. The number of H-pyrrole nitrogens is 1. The minimum Gasteiger partial charge on any atom is -0.460 e. The molecule has 0 aliphatic carbocycles. The lowest BCUT2D eigenvalue weighted by Crippen LogP contribution is -2.34. The fourth-order valence-electron chi connectivity index (χ4n) is 5.54. The highest BCUT2D eigenvalue weighted by molar-refractivity contribution is 5.86. The molecule has 1 atom stereocenters. The number of rotatable bonds is 10. The van der Waals surface area contributed by atoms with Gasteiger partial charge in [0.1, 0.15) is 5.60 Å². The maximum atomic E-state index is 13.4. The number of anilines is 1. The van der Waals surface area contributed by atoms with Crippen LogP contribution in [0, 0.1) is 5.92 Å². The van der Waals surface area contributed by atoms with Crippen molar-refractivity contribution in [2.75, 3.05) is 18.0 Å². The second-order valence-electron chi connectivity index (χ2n) is 12.3. The van der Waals surface area contributed by atoms with Crippen LogP contribution in [0.1, 0.15) is 89.5 Å². The summed E-state index contributed by atoms with van der Waals surface area (Å²) in [6, 6.07) is 14.7. The molecule has 4 rings (SSSR count). The first-order valence-electron chi connectivity index (χ1n) is 14.5. The summed E-state index contributed by atoms with van der Waals surface area (Å²) >= 11 is 0. The highest BCUT2D eigenvalue weighted by Crippen LogP contribution is 2.32. The van der Waals surface area contributed by atoms with Gasteiger partial charge in [0.05, 0.1) is 12.5 Å². The van der Waals surface area contributed by atoms with Crippen molar-refractivity contribution in [2.45, 2.75) is 91.2 Å². The standard InChI is InChI=1S/C33H45N3O3/c1-23(2)19-29(26-11-7-8-12-30(26)36-17-9-6-10-18-36)35-31(37)21-24-13-15-28-27(20-24)25(22-34-28)14-16-32(38)39-33(3,4)5/h7-8,11-13,15,20,22-23,29,34H,6,9-10,14,16-19,21H2,1-5H3,(H,35,37). The van der Waals surface area contributed by atoms with Crippen LogP contribution in [0.5, 0.6) is 0 Å². The monoisotopic (exact) mass is 531 g/mol. The number of piperidine rings is 1. The highest BCUT2D eigenvalue weighted by atomic mass is 16.6. The van der Waals surface area contributed by atoms with Crippen LogP contribution in [0.4, 0.5) is 5.69 Å². The lowest BCUT2D eigenvalue weighted by atomic mass is 9.94. The molecule has 0 radical (unpaired) electrons. The van der Waals surface area contributed by atoms with Gasteiger partial charge >= 0.3 is 5.97 Å². The van der Waals surface area contributed by atoms with Crippen molar-refractivity contribution in [1.82, 2.24) is 10.3 Å². The molecule has 0 saturated carbocycles. The van der Waals surface area contributed by atoms with Gasteiger partial charge in [-0.25, -0.2) is 0 Å². The Labute approximate surface area is 233 Å². The number of amides is 1. The van der Waals surface area contributed by atoms with Crippen molar-refractivity contribution < 1.29 is 14.3 Å². The fraction of sp³-hybridized carbons (Fsp3) is 0.515. The molecule has 1 aliphatic rings. The number of para-hydroxylation sites is 1. The molecule has 1 unspecified atom stereocenters. The number of nitrogens with zero attached hydrogens (tertiary/aromatic N) is 1. The van der Waals surface area contributed by atoms with E-state index in [1.54, 1.807) is 0 Å². The van der Waals surface area contributed by atoms with E-state index in [1.807, 2.05) is 39.1 Å². The molecule has 6 heteroatoms. The lowest BCUT2D eigenvalue weighted by molar-refractivity contribution is -0.154. The second-order valence-corrected chi connectivity index (χ2v) is 12.3. The SMILES string of the molecule is CC(C)CC(NC(=O)Cc1ccc2[nH]cc(CCC(=O)OC(C)(C)C)c2c1)c1ccccc1N1CCCCC1. The van der Waals surface area contributed by atoms with Gasteiger partial charge in [-0.2, -0.15) is 0 Å². The van der Waals surface area contributed by atoms with Crippen molar-refractivity contribution in [3.8, 4) is 0 Å². The number of aryl methyl sites for hydroxylation is 1. The zero-order valence-corrected chi connectivity index (χ0v) is 24.3. The molecule has 210 valence electrons. The molecule has 2 heterocycles. The van der Waals surface area contributed by atoms with E-state index in [9.17, 15) is 9.59 Å². The van der Waals surface area contributed by atoms with Gasteiger partial charge in [0.25, 0.3) is 0 Å². The van der Waals surface area contributed by atoms with E-state index >= 15 is 0 Å².